The molecule has 6 nitrogen and oxygen atoms in total. The van der Waals surface area contributed by atoms with E-state index in [2.05, 4.69) is 33.9 Å². The summed E-state index contributed by atoms with van der Waals surface area (Å²) in [5.74, 6) is 1.06. The number of anilines is 1. The van der Waals surface area contributed by atoms with Gasteiger partial charge in [0.1, 0.15) is 5.82 Å². The van der Waals surface area contributed by atoms with Gasteiger partial charge in [0.05, 0.1) is 23.8 Å². The molecule has 3 aromatic rings. The molecule has 5 rings (SSSR count). The van der Waals surface area contributed by atoms with Crippen LogP contribution in [-0.2, 0) is 6.42 Å². The van der Waals surface area contributed by atoms with E-state index in [1.165, 1.54) is 25.5 Å². The summed E-state index contributed by atoms with van der Waals surface area (Å²) in [5.41, 5.74) is 4.91. The summed E-state index contributed by atoms with van der Waals surface area (Å²) in [4.78, 5) is 17.2. The number of rotatable bonds is 6. The Morgan fingerprint density at radius 1 is 1.29 bits per heavy atom. The topological polar surface area (TPSA) is 71.3 Å². The maximum atomic E-state index is 12.5. The third-order valence-corrected chi connectivity index (χ3v) is 6.04. The van der Waals surface area contributed by atoms with Crippen molar-refractivity contribution in [2.75, 3.05) is 18.4 Å². The number of fused-ring (bicyclic) bond motifs is 2. The highest BCUT2D eigenvalue weighted by Crippen LogP contribution is 2.34. The van der Waals surface area contributed by atoms with E-state index in [4.69, 9.17) is 4.98 Å². The van der Waals surface area contributed by atoms with Gasteiger partial charge < -0.3 is 10.6 Å². The summed E-state index contributed by atoms with van der Waals surface area (Å²) in [6.45, 7) is -0.0245. The van der Waals surface area contributed by atoms with Crippen LogP contribution < -0.4 is 10.6 Å². The molecule has 160 valence electrons. The highest BCUT2D eigenvalue weighted by atomic mass is 19.3. The quantitative estimate of drug-likeness (QED) is 0.630. The lowest BCUT2D eigenvalue weighted by Crippen LogP contribution is -2.28. The van der Waals surface area contributed by atoms with Crippen molar-refractivity contribution >= 4 is 22.8 Å². The van der Waals surface area contributed by atoms with Crippen molar-refractivity contribution in [1.29, 1.82) is 0 Å². The molecule has 0 aromatic carbocycles. The average molecular weight is 423 g/mol. The predicted molar refractivity (Wildman–Crippen MR) is 114 cm³/mol. The third-order valence-electron chi connectivity index (χ3n) is 6.04. The fourth-order valence-corrected chi connectivity index (χ4v) is 4.18. The monoisotopic (exact) mass is 423 g/mol. The van der Waals surface area contributed by atoms with Gasteiger partial charge >= 0.3 is 0 Å². The van der Waals surface area contributed by atoms with Crippen LogP contribution in [0.4, 0.5) is 14.6 Å². The molecule has 1 aliphatic carbocycles. The largest absolute Gasteiger partial charge is 0.366 e. The van der Waals surface area contributed by atoms with Crippen molar-refractivity contribution in [2.24, 2.45) is 5.92 Å². The Balaban J connectivity index is 1.45. The van der Waals surface area contributed by atoms with E-state index in [0.717, 1.165) is 40.6 Å². The summed E-state index contributed by atoms with van der Waals surface area (Å²) >= 11 is 0. The number of nitrogens with one attached hydrogen (secondary N) is 2. The first-order chi connectivity index (χ1) is 15.1. The minimum Gasteiger partial charge on any atom is -0.366 e. The summed E-state index contributed by atoms with van der Waals surface area (Å²) in [7, 11) is 0. The molecular formula is C23H23F2N5O. The van der Waals surface area contributed by atoms with Crippen molar-refractivity contribution in [2.45, 2.75) is 32.1 Å². The van der Waals surface area contributed by atoms with Gasteiger partial charge in [0.15, 0.2) is 0 Å². The maximum absolute atomic E-state index is 12.5. The Morgan fingerprint density at radius 3 is 2.94 bits per heavy atom. The van der Waals surface area contributed by atoms with E-state index in [9.17, 15) is 13.6 Å². The Kier molecular flexibility index (Phi) is 5.13. The molecule has 1 amide bonds. The molecule has 0 atom stereocenters. The molecule has 4 heterocycles. The SMILES string of the molecule is O=C(NCC(F)F)c1cnn2ccc(C3=CCNc4nc(CC5CCC5)ccc43)cc12. The van der Waals surface area contributed by atoms with Crippen LogP contribution in [0.5, 0.6) is 0 Å². The van der Waals surface area contributed by atoms with Gasteiger partial charge in [-0.15, -0.1) is 0 Å². The normalized spacial score (nSPS) is 15.9. The van der Waals surface area contributed by atoms with E-state index in [0.29, 0.717) is 12.1 Å². The Morgan fingerprint density at radius 2 is 2.16 bits per heavy atom. The van der Waals surface area contributed by atoms with E-state index >= 15 is 0 Å². The number of amides is 1. The number of hydrogen-bond donors (Lipinski definition) is 2. The van der Waals surface area contributed by atoms with Crippen LogP contribution in [0, 0.1) is 5.92 Å². The van der Waals surface area contributed by atoms with Crippen molar-refractivity contribution in [1.82, 2.24) is 19.9 Å². The molecule has 0 spiro atoms. The van der Waals surface area contributed by atoms with Gasteiger partial charge in [-0.25, -0.2) is 18.3 Å². The van der Waals surface area contributed by atoms with Crippen LogP contribution in [0.3, 0.4) is 0 Å². The molecule has 1 saturated carbocycles. The van der Waals surface area contributed by atoms with Crippen LogP contribution in [0.15, 0.2) is 42.7 Å². The van der Waals surface area contributed by atoms with E-state index < -0.39 is 18.9 Å². The van der Waals surface area contributed by atoms with Gasteiger partial charge in [0.2, 0.25) is 0 Å². The molecule has 2 N–H and O–H groups in total. The third kappa shape index (κ3) is 3.89. The van der Waals surface area contributed by atoms with Gasteiger partial charge in [0, 0.05) is 24.0 Å². The second kappa shape index (κ2) is 8.09. The fraction of sp³-hybridized carbons (Fsp3) is 0.348. The number of nitrogens with zero attached hydrogens (tertiary/aromatic N) is 3. The second-order valence-corrected chi connectivity index (χ2v) is 8.10. The summed E-state index contributed by atoms with van der Waals surface area (Å²) in [6.07, 6.45) is 7.58. The highest BCUT2D eigenvalue weighted by Gasteiger charge is 2.21. The summed E-state index contributed by atoms with van der Waals surface area (Å²) in [6, 6.07) is 8.00. The van der Waals surface area contributed by atoms with Gasteiger partial charge in [0.25, 0.3) is 12.3 Å². The van der Waals surface area contributed by atoms with Crippen molar-refractivity contribution < 1.29 is 13.6 Å². The number of halogens is 2. The van der Waals surface area contributed by atoms with Crippen LogP contribution >= 0.6 is 0 Å². The maximum Gasteiger partial charge on any atom is 0.255 e. The Hall–Kier alpha value is -3.29. The number of alkyl halides is 2. The first-order valence-corrected chi connectivity index (χ1v) is 10.6. The standard InChI is InChI=1S/C23H23F2N5O/c24-21(25)13-27-23(31)19-12-28-30-9-7-15(11-20(19)30)17-6-8-26-22-18(17)5-4-16(29-22)10-14-2-1-3-14/h4-7,9,11-12,14,21H,1-3,8,10,13H2,(H,26,29)(H,27,31). The minimum absolute atomic E-state index is 0.270. The van der Waals surface area contributed by atoms with Crippen LogP contribution in [-0.4, -0.2) is 40.0 Å². The van der Waals surface area contributed by atoms with Gasteiger partial charge in [-0.3, -0.25) is 4.79 Å². The predicted octanol–water partition coefficient (Wildman–Crippen LogP) is 3.92. The van der Waals surface area contributed by atoms with E-state index in [1.807, 2.05) is 12.1 Å². The molecule has 31 heavy (non-hydrogen) atoms. The molecule has 2 aliphatic rings. The number of hydrogen-bond acceptors (Lipinski definition) is 4. The molecule has 0 unspecified atom stereocenters. The second-order valence-electron chi connectivity index (χ2n) is 8.10. The summed E-state index contributed by atoms with van der Waals surface area (Å²) in [5, 5.41) is 9.78. The van der Waals surface area contributed by atoms with Gasteiger partial charge in [-0.05, 0) is 47.7 Å². The average Bonchev–Trinajstić information content (AvgIpc) is 3.17. The van der Waals surface area contributed by atoms with Crippen molar-refractivity contribution in [3.8, 4) is 0 Å². The fourth-order valence-electron chi connectivity index (χ4n) is 4.18. The molecule has 0 bridgehead atoms. The van der Waals surface area contributed by atoms with Crippen LogP contribution in [0.1, 0.15) is 46.4 Å². The zero-order chi connectivity index (χ0) is 21.4. The number of pyridine rings is 2. The molecule has 8 heteroatoms. The molecule has 0 saturated heterocycles. The zero-order valence-corrected chi connectivity index (χ0v) is 16.9. The smallest absolute Gasteiger partial charge is 0.255 e. The lowest BCUT2D eigenvalue weighted by Gasteiger charge is -2.26. The van der Waals surface area contributed by atoms with Gasteiger partial charge in [-0.2, -0.15) is 5.10 Å². The number of carbonyl (C=O) groups is 1. The van der Waals surface area contributed by atoms with Crippen LogP contribution in [0.2, 0.25) is 0 Å². The minimum atomic E-state index is -2.60. The van der Waals surface area contributed by atoms with Gasteiger partial charge in [-0.1, -0.05) is 25.3 Å². The zero-order valence-electron chi connectivity index (χ0n) is 16.9. The van der Waals surface area contributed by atoms with E-state index in [1.54, 1.807) is 10.7 Å². The van der Waals surface area contributed by atoms with Crippen molar-refractivity contribution in [3.05, 3.63) is 65.1 Å². The Bertz CT molecular complexity index is 1170. The van der Waals surface area contributed by atoms with Crippen molar-refractivity contribution in [3.63, 3.8) is 0 Å². The first kappa shape index (κ1) is 19.7. The Labute approximate surface area is 178 Å². The number of carbonyl (C=O) groups excluding carboxylic acids is 1. The lowest BCUT2D eigenvalue weighted by atomic mass is 9.82. The summed E-state index contributed by atoms with van der Waals surface area (Å²) < 4.78 is 26.5. The van der Waals surface area contributed by atoms with E-state index in [-0.39, 0.29) is 5.56 Å². The first-order valence-electron chi connectivity index (χ1n) is 10.6. The molecular weight excluding hydrogens is 400 g/mol. The molecule has 0 radical (unpaired) electrons. The van der Waals surface area contributed by atoms with Crippen LogP contribution in [0.25, 0.3) is 11.1 Å². The molecule has 1 fully saturated rings. The molecule has 1 aliphatic heterocycles. The molecule has 3 aromatic heterocycles. The highest BCUT2D eigenvalue weighted by molar-refractivity contribution is 6.01. The lowest BCUT2D eigenvalue weighted by molar-refractivity contribution is 0.0893. The number of aromatic nitrogens is 3.